The van der Waals surface area contributed by atoms with Crippen LogP contribution in [0.15, 0.2) is 22.7 Å². The molecule has 2 aliphatic carbocycles. The summed E-state index contributed by atoms with van der Waals surface area (Å²) in [4.78, 5) is 23.8. The van der Waals surface area contributed by atoms with Gasteiger partial charge in [0.1, 0.15) is 5.82 Å². The fourth-order valence-electron chi connectivity index (χ4n) is 3.83. The molecule has 0 heterocycles. The molecule has 2 N–H and O–H groups in total. The predicted octanol–water partition coefficient (Wildman–Crippen LogP) is 3.27. The molecule has 1 amide bonds. The van der Waals surface area contributed by atoms with E-state index in [0.29, 0.717) is 4.47 Å². The molecule has 2 fully saturated rings. The summed E-state index contributed by atoms with van der Waals surface area (Å²) in [5.41, 5.74) is 0.0927. The summed E-state index contributed by atoms with van der Waals surface area (Å²) in [6.07, 6.45) is 2.55. The molecule has 4 nitrogen and oxygen atoms in total. The van der Waals surface area contributed by atoms with Gasteiger partial charge >= 0.3 is 5.97 Å². The first-order valence-electron chi connectivity index (χ1n) is 6.96. The summed E-state index contributed by atoms with van der Waals surface area (Å²) < 4.78 is 14.4. The Bertz CT molecular complexity index is 607. The van der Waals surface area contributed by atoms with Crippen LogP contribution in [0.2, 0.25) is 0 Å². The zero-order valence-electron chi connectivity index (χ0n) is 11.2. The second kappa shape index (κ2) is 5.40. The Labute approximate surface area is 129 Å². The van der Waals surface area contributed by atoms with Crippen LogP contribution in [-0.2, 0) is 9.59 Å². The van der Waals surface area contributed by atoms with Crippen LogP contribution < -0.4 is 5.32 Å². The topological polar surface area (TPSA) is 66.4 Å². The molecule has 4 atom stereocenters. The quantitative estimate of drug-likeness (QED) is 0.874. The summed E-state index contributed by atoms with van der Waals surface area (Å²) in [5.74, 6) is -2.83. The van der Waals surface area contributed by atoms with Crippen molar-refractivity contribution in [3.63, 3.8) is 0 Å². The first-order valence-corrected chi connectivity index (χ1v) is 7.75. The molecule has 2 saturated carbocycles. The molecular formula is C15H15BrFNO3. The van der Waals surface area contributed by atoms with E-state index >= 15 is 0 Å². The Balaban J connectivity index is 1.80. The van der Waals surface area contributed by atoms with Crippen molar-refractivity contribution in [1.82, 2.24) is 0 Å². The molecule has 2 aliphatic rings. The smallest absolute Gasteiger partial charge is 0.307 e. The van der Waals surface area contributed by atoms with Gasteiger partial charge in [0.2, 0.25) is 5.91 Å². The largest absolute Gasteiger partial charge is 0.481 e. The fourth-order valence-corrected chi connectivity index (χ4v) is 4.16. The molecule has 0 aromatic heterocycles. The van der Waals surface area contributed by atoms with Crippen molar-refractivity contribution in [3.8, 4) is 0 Å². The molecular weight excluding hydrogens is 341 g/mol. The third-order valence-electron chi connectivity index (χ3n) is 4.69. The summed E-state index contributed by atoms with van der Waals surface area (Å²) in [6, 6.07) is 4.37. The second-order valence-electron chi connectivity index (χ2n) is 5.84. The number of nitrogens with one attached hydrogen (secondary N) is 1. The zero-order chi connectivity index (χ0) is 15.1. The number of amides is 1. The van der Waals surface area contributed by atoms with E-state index in [2.05, 4.69) is 21.2 Å². The van der Waals surface area contributed by atoms with E-state index in [9.17, 15) is 19.1 Å². The number of halogens is 2. The van der Waals surface area contributed by atoms with Gasteiger partial charge in [-0.1, -0.05) is 15.9 Å². The van der Waals surface area contributed by atoms with Crippen LogP contribution in [0.1, 0.15) is 19.3 Å². The van der Waals surface area contributed by atoms with Gasteiger partial charge in [-0.15, -0.1) is 0 Å². The number of carbonyl (C=O) groups excluding carboxylic acids is 1. The lowest BCUT2D eigenvalue weighted by Crippen LogP contribution is -2.38. The number of carboxylic acids is 1. The third-order valence-corrected chi connectivity index (χ3v) is 5.19. The highest BCUT2D eigenvalue weighted by molar-refractivity contribution is 9.10. The molecule has 0 saturated heterocycles. The lowest BCUT2D eigenvalue weighted by molar-refractivity contribution is -0.148. The standard InChI is InChI=1S/C15H15BrFNO3/c16-9-3-4-11(10(17)6-9)18-14(19)12-7-1-2-8(5-7)13(12)15(20)21/h3-4,6-8,12-13H,1-2,5H2,(H,18,19)(H,20,21)/t7-,8+,12-,13+/m1/s1. The number of benzene rings is 1. The van der Waals surface area contributed by atoms with Gasteiger partial charge in [-0.05, 0) is 49.3 Å². The second-order valence-corrected chi connectivity index (χ2v) is 6.75. The molecule has 0 aliphatic heterocycles. The molecule has 6 heteroatoms. The van der Waals surface area contributed by atoms with Crippen molar-refractivity contribution >= 4 is 33.5 Å². The van der Waals surface area contributed by atoms with E-state index in [0.717, 1.165) is 19.3 Å². The summed E-state index contributed by atoms with van der Waals surface area (Å²) in [7, 11) is 0. The molecule has 112 valence electrons. The zero-order valence-corrected chi connectivity index (χ0v) is 12.8. The SMILES string of the molecule is O=C(Nc1ccc(Br)cc1F)[C@@H]1[C@@H]2CC[C@@H](C2)[C@@H]1C(=O)O. The highest BCUT2D eigenvalue weighted by atomic mass is 79.9. The number of carbonyl (C=O) groups is 2. The van der Waals surface area contributed by atoms with Gasteiger partial charge < -0.3 is 10.4 Å². The lowest BCUT2D eigenvalue weighted by atomic mass is 9.78. The van der Waals surface area contributed by atoms with Crippen molar-refractivity contribution < 1.29 is 19.1 Å². The molecule has 0 unspecified atom stereocenters. The van der Waals surface area contributed by atoms with E-state index in [1.807, 2.05) is 0 Å². The van der Waals surface area contributed by atoms with Crippen LogP contribution in [0.3, 0.4) is 0 Å². The third kappa shape index (κ3) is 2.57. The van der Waals surface area contributed by atoms with Gasteiger partial charge in [0.25, 0.3) is 0 Å². The maximum absolute atomic E-state index is 13.8. The lowest BCUT2D eigenvalue weighted by Gasteiger charge is -2.27. The van der Waals surface area contributed by atoms with Crippen molar-refractivity contribution in [2.45, 2.75) is 19.3 Å². The number of rotatable bonds is 3. The Morgan fingerprint density at radius 1 is 1.24 bits per heavy atom. The minimum Gasteiger partial charge on any atom is -0.481 e. The van der Waals surface area contributed by atoms with Crippen molar-refractivity contribution in [2.24, 2.45) is 23.7 Å². The normalized spacial score (nSPS) is 30.4. The van der Waals surface area contributed by atoms with Crippen LogP contribution >= 0.6 is 15.9 Å². The predicted molar refractivity (Wildman–Crippen MR) is 78.2 cm³/mol. The van der Waals surface area contributed by atoms with Crippen LogP contribution in [0.4, 0.5) is 10.1 Å². The van der Waals surface area contributed by atoms with Gasteiger partial charge in [-0.25, -0.2) is 4.39 Å². The number of hydrogen-bond acceptors (Lipinski definition) is 2. The summed E-state index contributed by atoms with van der Waals surface area (Å²) >= 11 is 3.15. The highest BCUT2D eigenvalue weighted by Crippen LogP contribution is 2.52. The molecule has 0 radical (unpaired) electrons. The van der Waals surface area contributed by atoms with Crippen LogP contribution in [-0.4, -0.2) is 17.0 Å². The highest BCUT2D eigenvalue weighted by Gasteiger charge is 2.54. The van der Waals surface area contributed by atoms with Gasteiger partial charge in [-0.2, -0.15) is 0 Å². The monoisotopic (exact) mass is 355 g/mol. The van der Waals surface area contributed by atoms with Crippen LogP contribution in [0.25, 0.3) is 0 Å². The van der Waals surface area contributed by atoms with Gasteiger partial charge in [0.15, 0.2) is 0 Å². The maximum Gasteiger partial charge on any atom is 0.307 e. The van der Waals surface area contributed by atoms with Gasteiger partial charge in [0.05, 0.1) is 17.5 Å². The first kappa shape index (κ1) is 14.5. The Kier molecular flexibility index (Phi) is 3.73. The van der Waals surface area contributed by atoms with Crippen LogP contribution in [0, 0.1) is 29.5 Å². The average Bonchev–Trinajstić information content (AvgIpc) is 3.02. The van der Waals surface area contributed by atoms with Gasteiger partial charge in [0, 0.05) is 4.47 Å². The Morgan fingerprint density at radius 2 is 1.90 bits per heavy atom. The number of hydrogen-bond donors (Lipinski definition) is 2. The Morgan fingerprint density at radius 3 is 2.52 bits per heavy atom. The van der Waals surface area contributed by atoms with E-state index in [4.69, 9.17) is 0 Å². The van der Waals surface area contributed by atoms with E-state index in [1.165, 1.54) is 12.1 Å². The van der Waals surface area contributed by atoms with E-state index in [-0.39, 0.29) is 23.4 Å². The summed E-state index contributed by atoms with van der Waals surface area (Å²) in [6.45, 7) is 0. The van der Waals surface area contributed by atoms with Crippen LogP contribution in [0.5, 0.6) is 0 Å². The summed E-state index contributed by atoms with van der Waals surface area (Å²) in [5, 5.41) is 11.9. The van der Waals surface area contributed by atoms with Crippen molar-refractivity contribution in [1.29, 1.82) is 0 Å². The average molecular weight is 356 g/mol. The number of aliphatic carboxylic acids is 1. The van der Waals surface area contributed by atoms with E-state index < -0.39 is 23.6 Å². The number of carboxylic acid groups (broad SMARTS) is 1. The first-order chi connectivity index (χ1) is 9.97. The van der Waals surface area contributed by atoms with E-state index in [1.54, 1.807) is 6.07 Å². The maximum atomic E-state index is 13.8. The number of fused-ring (bicyclic) bond motifs is 2. The molecule has 0 spiro atoms. The Hall–Kier alpha value is -1.43. The minimum atomic E-state index is -0.918. The molecule has 1 aromatic carbocycles. The molecule has 3 rings (SSSR count). The fraction of sp³-hybridized carbons (Fsp3) is 0.467. The minimum absolute atomic E-state index is 0.0815. The van der Waals surface area contributed by atoms with Gasteiger partial charge in [-0.3, -0.25) is 9.59 Å². The van der Waals surface area contributed by atoms with Crippen molar-refractivity contribution in [2.75, 3.05) is 5.32 Å². The molecule has 21 heavy (non-hydrogen) atoms. The number of anilines is 1. The molecule has 1 aromatic rings. The van der Waals surface area contributed by atoms with Crippen molar-refractivity contribution in [3.05, 3.63) is 28.5 Å². The molecule has 2 bridgehead atoms.